The van der Waals surface area contributed by atoms with Crippen LogP contribution in [0.1, 0.15) is 57.4 Å². The van der Waals surface area contributed by atoms with Gasteiger partial charge in [-0.2, -0.15) is 0 Å². The van der Waals surface area contributed by atoms with Gasteiger partial charge in [0, 0.05) is 5.56 Å². The van der Waals surface area contributed by atoms with Gasteiger partial charge in [0.25, 0.3) is 11.8 Å². The van der Waals surface area contributed by atoms with E-state index in [1.165, 1.54) is 18.2 Å². The van der Waals surface area contributed by atoms with E-state index in [0.29, 0.717) is 11.3 Å². The molecule has 0 heterocycles. The van der Waals surface area contributed by atoms with Gasteiger partial charge in [0.05, 0.1) is 27.5 Å². The van der Waals surface area contributed by atoms with Crippen molar-refractivity contribution in [3.8, 4) is 0 Å². The Morgan fingerprint density at radius 1 is 0.781 bits per heavy atom. The minimum Gasteiger partial charge on any atom is -0.478 e. The molecule has 7 heteroatoms. The van der Waals surface area contributed by atoms with Crippen molar-refractivity contribution in [3.63, 3.8) is 0 Å². The number of rotatable bonds is 5. The van der Waals surface area contributed by atoms with E-state index in [2.05, 4.69) is 31.4 Å². The fourth-order valence-corrected chi connectivity index (χ4v) is 3.21. The summed E-state index contributed by atoms with van der Waals surface area (Å²) in [5, 5.41) is 14.7. The summed E-state index contributed by atoms with van der Waals surface area (Å²) in [6.45, 7) is 6.28. The monoisotopic (exact) mass is 450 g/mol. The Balaban J connectivity index is 1.81. The molecule has 0 bridgehead atoms. The lowest BCUT2D eigenvalue weighted by molar-refractivity contribution is 0.0696. The summed E-state index contributed by atoms with van der Waals surface area (Å²) in [6, 6.07) is 17.9. The van der Waals surface area contributed by atoms with Crippen molar-refractivity contribution in [1.82, 2.24) is 0 Å². The molecule has 0 aliphatic carbocycles. The molecule has 0 aliphatic rings. The van der Waals surface area contributed by atoms with Crippen LogP contribution in [0.4, 0.5) is 11.4 Å². The maximum absolute atomic E-state index is 12.9. The highest BCUT2D eigenvalue weighted by Gasteiger charge is 2.18. The summed E-state index contributed by atoms with van der Waals surface area (Å²) in [5.41, 5.74) is 2.23. The van der Waals surface area contributed by atoms with Crippen LogP contribution in [-0.4, -0.2) is 22.9 Å². The van der Waals surface area contributed by atoms with Crippen LogP contribution in [0.3, 0.4) is 0 Å². The number of hydrogen-bond acceptors (Lipinski definition) is 3. The van der Waals surface area contributed by atoms with Crippen LogP contribution in [0, 0.1) is 0 Å². The van der Waals surface area contributed by atoms with Crippen LogP contribution in [-0.2, 0) is 5.41 Å². The number of carboxylic acids is 1. The van der Waals surface area contributed by atoms with Crippen LogP contribution in [0.2, 0.25) is 5.02 Å². The molecule has 0 saturated heterocycles. The number of nitrogens with one attached hydrogen (secondary N) is 2. The summed E-state index contributed by atoms with van der Waals surface area (Å²) in [5.74, 6) is -2.02. The molecule has 0 saturated carbocycles. The normalized spacial score (nSPS) is 11.0. The molecule has 0 unspecified atom stereocenters. The van der Waals surface area contributed by atoms with Gasteiger partial charge < -0.3 is 15.7 Å². The Morgan fingerprint density at radius 2 is 1.38 bits per heavy atom. The van der Waals surface area contributed by atoms with Gasteiger partial charge >= 0.3 is 5.97 Å². The zero-order valence-corrected chi connectivity index (χ0v) is 18.7. The highest BCUT2D eigenvalue weighted by Crippen LogP contribution is 2.26. The van der Waals surface area contributed by atoms with Gasteiger partial charge in [-0.15, -0.1) is 0 Å². The van der Waals surface area contributed by atoms with Crippen LogP contribution in [0.15, 0.2) is 66.7 Å². The van der Waals surface area contributed by atoms with Gasteiger partial charge in [-0.25, -0.2) is 4.79 Å². The molecule has 2 amide bonds. The van der Waals surface area contributed by atoms with Gasteiger partial charge in [-0.05, 0) is 53.4 Å². The zero-order valence-electron chi connectivity index (χ0n) is 17.9. The van der Waals surface area contributed by atoms with Crippen molar-refractivity contribution in [2.45, 2.75) is 26.2 Å². The molecular formula is C25H23ClN2O4. The van der Waals surface area contributed by atoms with Gasteiger partial charge in [0.15, 0.2) is 0 Å². The first kappa shape index (κ1) is 23.0. The van der Waals surface area contributed by atoms with Crippen LogP contribution in [0.25, 0.3) is 0 Å². The molecule has 0 spiro atoms. The van der Waals surface area contributed by atoms with Crippen molar-refractivity contribution in [3.05, 3.63) is 94.0 Å². The number of carboxylic acid groups (broad SMARTS) is 1. The summed E-state index contributed by atoms with van der Waals surface area (Å²) in [4.78, 5) is 36.8. The second kappa shape index (κ2) is 9.24. The summed E-state index contributed by atoms with van der Waals surface area (Å²) < 4.78 is 0. The largest absolute Gasteiger partial charge is 0.478 e. The first-order valence-electron chi connectivity index (χ1n) is 9.91. The van der Waals surface area contributed by atoms with E-state index in [9.17, 15) is 14.4 Å². The molecule has 0 aromatic heterocycles. The highest BCUT2D eigenvalue weighted by molar-refractivity contribution is 6.34. The zero-order chi connectivity index (χ0) is 23.5. The lowest BCUT2D eigenvalue weighted by atomic mass is 9.86. The summed E-state index contributed by atoms with van der Waals surface area (Å²) in [7, 11) is 0. The smallest absolute Gasteiger partial charge is 0.335 e. The molecule has 3 aromatic rings. The standard InChI is InChI=1S/C25H23ClN2O4/c1-25(2,3)17-11-8-15(9-12-17)22(29)27-20-7-5-4-6-18(20)23(30)28-21-14-16(24(31)32)10-13-19(21)26/h4-14H,1-3H3,(H,27,29)(H,28,30)(H,31,32). The van der Waals surface area contributed by atoms with Gasteiger partial charge in [-0.1, -0.05) is 56.6 Å². The average Bonchev–Trinajstić information content (AvgIpc) is 2.75. The molecule has 164 valence electrons. The topological polar surface area (TPSA) is 95.5 Å². The summed E-state index contributed by atoms with van der Waals surface area (Å²) >= 11 is 6.10. The molecule has 6 nitrogen and oxygen atoms in total. The van der Waals surface area contributed by atoms with E-state index in [-0.39, 0.29) is 33.2 Å². The minimum atomic E-state index is -1.14. The fraction of sp³-hybridized carbons (Fsp3) is 0.160. The number of benzene rings is 3. The van der Waals surface area contributed by atoms with Crippen LogP contribution >= 0.6 is 11.6 Å². The number of hydrogen-bond donors (Lipinski definition) is 3. The van der Waals surface area contributed by atoms with Crippen molar-refractivity contribution in [2.75, 3.05) is 10.6 Å². The highest BCUT2D eigenvalue weighted by atomic mass is 35.5. The minimum absolute atomic E-state index is 0.00927. The average molecular weight is 451 g/mol. The third-order valence-corrected chi connectivity index (χ3v) is 5.22. The number of halogens is 1. The van der Waals surface area contributed by atoms with E-state index >= 15 is 0 Å². The number of carbonyl (C=O) groups excluding carboxylic acids is 2. The maximum Gasteiger partial charge on any atom is 0.335 e. The molecule has 3 aromatic carbocycles. The number of aromatic carboxylic acids is 1. The molecule has 0 fully saturated rings. The SMILES string of the molecule is CC(C)(C)c1ccc(C(=O)Nc2ccccc2C(=O)Nc2cc(C(=O)O)ccc2Cl)cc1. The molecule has 0 radical (unpaired) electrons. The summed E-state index contributed by atoms with van der Waals surface area (Å²) in [6.07, 6.45) is 0. The molecule has 32 heavy (non-hydrogen) atoms. The molecular weight excluding hydrogens is 428 g/mol. The van der Waals surface area contributed by atoms with Gasteiger partial charge in [-0.3, -0.25) is 9.59 Å². The second-order valence-corrected chi connectivity index (χ2v) is 8.69. The Labute approximate surface area is 191 Å². The molecule has 0 atom stereocenters. The first-order chi connectivity index (χ1) is 15.1. The lowest BCUT2D eigenvalue weighted by Crippen LogP contribution is -2.19. The second-order valence-electron chi connectivity index (χ2n) is 8.28. The van der Waals surface area contributed by atoms with Gasteiger partial charge in [0.2, 0.25) is 0 Å². The number of para-hydroxylation sites is 1. The van der Waals surface area contributed by atoms with Crippen LogP contribution < -0.4 is 10.6 Å². The fourth-order valence-electron chi connectivity index (χ4n) is 3.05. The number of amides is 2. The number of carbonyl (C=O) groups is 3. The Morgan fingerprint density at radius 3 is 2.00 bits per heavy atom. The quantitative estimate of drug-likeness (QED) is 0.455. The maximum atomic E-state index is 12.9. The van der Waals surface area contributed by atoms with Crippen molar-refractivity contribution in [1.29, 1.82) is 0 Å². The third kappa shape index (κ3) is 5.34. The van der Waals surface area contributed by atoms with E-state index in [1.54, 1.807) is 36.4 Å². The lowest BCUT2D eigenvalue weighted by Gasteiger charge is -2.19. The molecule has 3 N–H and O–H groups in total. The van der Waals surface area contributed by atoms with Crippen molar-refractivity contribution in [2.24, 2.45) is 0 Å². The van der Waals surface area contributed by atoms with E-state index in [0.717, 1.165) is 5.56 Å². The van der Waals surface area contributed by atoms with E-state index < -0.39 is 11.9 Å². The first-order valence-corrected chi connectivity index (χ1v) is 10.3. The Bertz CT molecular complexity index is 1180. The van der Waals surface area contributed by atoms with E-state index in [4.69, 9.17) is 16.7 Å². The molecule has 0 aliphatic heterocycles. The predicted molar refractivity (Wildman–Crippen MR) is 126 cm³/mol. The van der Waals surface area contributed by atoms with Crippen molar-refractivity contribution < 1.29 is 19.5 Å². The molecule has 3 rings (SSSR count). The Kier molecular flexibility index (Phi) is 6.65. The van der Waals surface area contributed by atoms with Crippen molar-refractivity contribution >= 4 is 40.8 Å². The van der Waals surface area contributed by atoms with Gasteiger partial charge in [0.1, 0.15) is 0 Å². The third-order valence-electron chi connectivity index (χ3n) is 4.89. The van der Waals surface area contributed by atoms with Crippen LogP contribution in [0.5, 0.6) is 0 Å². The Hall–Kier alpha value is -3.64. The van der Waals surface area contributed by atoms with E-state index in [1.807, 2.05) is 12.1 Å². The number of anilines is 2. The predicted octanol–water partition coefficient (Wildman–Crippen LogP) is 5.84.